The first-order valence-electron chi connectivity index (χ1n) is 7.63. The minimum Gasteiger partial charge on any atom is -0.496 e. The van der Waals surface area contributed by atoms with E-state index in [1.54, 1.807) is 7.11 Å². The van der Waals surface area contributed by atoms with Crippen molar-refractivity contribution in [2.45, 2.75) is 12.8 Å². The lowest BCUT2D eigenvalue weighted by Crippen LogP contribution is -2.37. The number of nitrogens with zero attached hydrogens (tertiary/aromatic N) is 2. The van der Waals surface area contributed by atoms with Crippen molar-refractivity contribution in [2.24, 2.45) is 5.92 Å². The normalized spacial score (nSPS) is 18.7. The molecule has 1 fully saturated rings. The summed E-state index contributed by atoms with van der Waals surface area (Å²) < 4.78 is 5.46. The molecule has 0 spiro atoms. The maximum absolute atomic E-state index is 5.46. The molecule has 1 aliphatic rings. The van der Waals surface area contributed by atoms with E-state index in [-0.39, 0.29) is 0 Å². The van der Waals surface area contributed by atoms with E-state index in [0.29, 0.717) is 5.92 Å². The summed E-state index contributed by atoms with van der Waals surface area (Å²) in [6.45, 7) is 3.30. The molecule has 2 heterocycles. The van der Waals surface area contributed by atoms with E-state index in [9.17, 15) is 0 Å². The van der Waals surface area contributed by atoms with Crippen molar-refractivity contribution in [3.63, 3.8) is 0 Å². The van der Waals surface area contributed by atoms with Crippen LogP contribution in [0.5, 0.6) is 5.75 Å². The zero-order valence-electron chi connectivity index (χ0n) is 12.8. The van der Waals surface area contributed by atoms with Crippen molar-refractivity contribution in [1.82, 2.24) is 10.3 Å². The molecule has 1 aromatic carbocycles. The van der Waals surface area contributed by atoms with Gasteiger partial charge in [0.05, 0.1) is 7.11 Å². The number of pyridine rings is 1. The Kier molecular flexibility index (Phi) is 4.25. The van der Waals surface area contributed by atoms with Crippen molar-refractivity contribution in [3.05, 3.63) is 30.5 Å². The Morgan fingerprint density at radius 1 is 1.33 bits per heavy atom. The number of nitrogens with one attached hydrogen (secondary N) is 1. The molecule has 0 saturated carbocycles. The highest BCUT2D eigenvalue weighted by atomic mass is 16.5. The number of rotatable bonds is 4. The molecule has 1 unspecified atom stereocenters. The second-order valence-corrected chi connectivity index (χ2v) is 5.78. The number of hydrogen-bond acceptors (Lipinski definition) is 4. The lowest BCUT2D eigenvalue weighted by atomic mass is 9.99. The standard InChI is InChI=1S/C17H23N3O/c1-20(12-13-5-4-9-18-11-13)17-15-6-3-7-16(21-2)14(15)8-10-19-17/h3,6-8,10,13,18H,4-5,9,11-12H2,1-2H3. The summed E-state index contributed by atoms with van der Waals surface area (Å²) in [5.41, 5.74) is 0. The Morgan fingerprint density at radius 2 is 2.24 bits per heavy atom. The van der Waals surface area contributed by atoms with Gasteiger partial charge < -0.3 is 15.0 Å². The highest BCUT2D eigenvalue weighted by Gasteiger charge is 2.17. The van der Waals surface area contributed by atoms with Crippen molar-refractivity contribution < 1.29 is 4.74 Å². The Bertz CT molecular complexity index is 608. The number of piperidine rings is 1. The Hall–Kier alpha value is -1.81. The molecule has 0 aliphatic carbocycles. The van der Waals surface area contributed by atoms with Gasteiger partial charge >= 0.3 is 0 Å². The van der Waals surface area contributed by atoms with Crippen LogP contribution in [0, 0.1) is 5.92 Å². The fraction of sp³-hybridized carbons (Fsp3) is 0.471. The number of aromatic nitrogens is 1. The third kappa shape index (κ3) is 2.95. The SMILES string of the molecule is COc1cccc2c(N(C)CC3CCCNC3)nccc12. The largest absolute Gasteiger partial charge is 0.496 e. The van der Waals surface area contributed by atoms with E-state index in [1.165, 1.54) is 12.8 Å². The molecule has 112 valence electrons. The van der Waals surface area contributed by atoms with Crippen LogP contribution < -0.4 is 15.0 Å². The van der Waals surface area contributed by atoms with Gasteiger partial charge in [-0.1, -0.05) is 12.1 Å². The van der Waals surface area contributed by atoms with Crippen molar-refractivity contribution in [1.29, 1.82) is 0 Å². The second-order valence-electron chi connectivity index (χ2n) is 5.78. The van der Waals surface area contributed by atoms with Crippen molar-refractivity contribution >= 4 is 16.6 Å². The van der Waals surface area contributed by atoms with Gasteiger partial charge in [0.15, 0.2) is 0 Å². The minimum atomic E-state index is 0.700. The summed E-state index contributed by atoms with van der Waals surface area (Å²) in [6.07, 6.45) is 4.44. The molecule has 4 heteroatoms. The summed E-state index contributed by atoms with van der Waals surface area (Å²) in [5.74, 6) is 2.65. The number of hydrogen-bond donors (Lipinski definition) is 1. The van der Waals surface area contributed by atoms with Crippen LogP contribution in [-0.2, 0) is 0 Å². The van der Waals surface area contributed by atoms with Crippen LogP contribution in [0.4, 0.5) is 5.82 Å². The van der Waals surface area contributed by atoms with E-state index < -0.39 is 0 Å². The first kappa shape index (κ1) is 14.1. The summed E-state index contributed by atoms with van der Waals surface area (Å²) in [6, 6.07) is 8.17. The smallest absolute Gasteiger partial charge is 0.136 e. The van der Waals surface area contributed by atoms with Crippen LogP contribution in [0.2, 0.25) is 0 Å². The Morgan fingerprint density at radius 3 is 3.00 bits per heavy atom. The van der Waals surface area contributed by atoms with Crippen molar-refractivity contribution in [3.8, 4) is 5.75 Å². The zero-order chi connectivity index (χ0) is 14.7. The van der Waals surface area contributed by atoms with Crippen LogP contribution in [0.3, 0.4) is 0 Å². The predicted molar refractivity (Wildman–Crippen MR) is 87.2 cm³/mol. The van der Waals surface area contributed by atoms with Crippen LogP contribution in [0.15, 0.2) is 30.5 Å². The molecule has 0 amide bonds. The van der Waals surface area contributed by atoms with E-state index >= 15 is 0 Å². The monoisotopic (exact) mass is 285 g/mol. The zero-order valence-corrected chi connectivity index (χ0v) is 12.8. The minimum absolute atomic E-state index is 0.700. The molecule has 1 atom stereocenters. The molecule has 3 rings (SSSR count). The maximum Gasteiger partial charge on any atom is 0.136 e. The summed E-state index contributed by atoms with van der Waals surface area (Å²) in [7, 11) is 3.85. The van der Waals surface area contributed by atoms with Gasteiger partial charge in [-0.25, -0.2) is 4.98 Å². The van der Waals surface area contributed by atoms with Gasteiger partial charge in [-0.2, -0.15) is 0 Å². The fourth-order valence-corrected chi connectivity index (χ4v) is 3.20. The molecule has 0 radical (unpaired) electrons. The van der Waals surface area contributed by atoms with Crippen molar-refractivity contribution in [2.75, 3.05) is 38.7 Å². The number of methoxy groups -OCH3 is 1. The van der Waals surface area contributed by atoms with Gasteiger partial charge in [-0.05, 0) is 44.0 Å². The van der Waals surface area contributed by atoms with Crippen LogP contribution in [0.25, 0.3) is 10.8 Å². The lowest BCUT2D eigenvalue weighted by molar-refractivity contribution is 0.381. The van der Waals surface area contributed by atoms with Gasteiger partial charge in [0.1, 0.15) is 11.6 Å². The van der Waals surface area contributed by atoms with Gasteiger partial charge in [0.2, 0.25) is 0 Å². The molecule has 1 aliphatic heterocycles. The van der Waals surface area contributed by atoms with Crippen LogP contribution >= 0.6 is 0 Å². The second kappa shape index (κ2) is 6.31. The van der Waals surface area contributed by atoms with E-state index in [2.05, 4.69) is 28.3 Å². The molecular formula is C17H23N3O. The lowest BCUT2D eigenvalue weighted by Gasteiger charge is -2.29. The summed E-state index contributed by atoms with van der Waals surface area (Å²) in [4.78, 5) is 6.87. The van der Waals surface area contributed by atoms with Crippen LogP contribution in [-0.4, -0.2) is 38.8 Å². The van der Waals surface area contributed by atoms with E-state index in [1.807, 2.05) is 24.4 Å². The molecule has 4 nitrogen and oxygen atoms in total. The third-order valence-electron chi connectivity index (χ3n) is 4.26. The number of anilines is 1. The van der Waals surface area contributed by atoms with E-state index in [4.69, 9.17) is 4.74 Å². The summed E-state index contributed by atoms with van der Waals surface area (Å²) >= 11 is 0. The average molecular weight is 285 g/mol. The molecule has 21 heavy (non-hydrogen) atoms. The molecule has 1 aromatic heterocycles. The van der Waals surface area contributed by atoms with Gasteiger partial charge in [0, 0.05) is 30.6 Å². The first-order chi connectivity index (χ1) is 10.3. The quantitative estimate of drug-likeness (QED) is 0.937. The Balaban J connectivity index is 1.88. The molecule has 0 bridgehead atoms. The van der Waals surface area contributed by atoms with E-state index in [0.717, 1.165) is 42.0 Å². The highest BCUT2D eigenvalue weighted by Crippen LogP contribution is 2.31. The number of fused-ring (bicyclic) bond motifs is 1. The molecule has 1 N–H and O–H groups in total. The topological polar surface area (TPSA) is 37.4 Å². The number of ether oxygens (including phenoxy) is 1. The first-order valence-corrected chi connectivity index (χ1v) is 7.63. The maximum atomic E-state index is 5.46. The van der Waals surface area contributed by atoms with Crippen LogP contribution in [0.1, 0.15) is 12.8 Å². The molecule has 2 aromatic rings. The third-order valence-corrected chi connectivity index (χ3v) is 4.26. The van der Waals surface area contributed by atoms with Gasteiger partial charge in [-0.15, -0.1) is 0 Å². The summed E-state index contributed by atoms with van der Waals surface area (Å²) in [5, 5.41) is 5.76. The molecule has 1 saturated heterocycles. The average Bonchev–Trinajstić information content (AvgIpc) is 2.54. The highest BCUT2D eigenvalue weighted by molar-refractivity contribution is 5.96. The van der Waals surface area contributed by atoms with Gasteiger partial charge in [0.25, 0.3) is 0 Å². The molecular weight excluding hydrogens is 262 g/mol. The Labute approximate surface area is 126 Å². The number of benzene rings is 1. The fourth-order valence-electron chi connectivity index (χ4n) is 3.20. The van der Waals surface area contributed by atoms with Gasteiger partial charge in [-0.3, -0.25) is 0 Å². The predicted octanol–water partition coefficient (Wildman–Crippen LogP) is 2.68.